The number of anilines is 1. The summed E-state index contributed by atoms with van der Waals surface area (Å²) >= 11 is 0. The van der Waals surface area contributed by atoms with Crippen LogP contribution < -0.4 is 10.2 Å². The molecular formula is C11H19N5O2. The van der Waals surface area contributed by atoms with E-state index in [1.54, 1.807) is 11.6 Å². The van der Waals surface area contributed by atoms with Gasteiger partial charge in [-0.05, 0) is 26.8 Å². The van der Waals surface area contributed by atoms with Crippen molar-refractivity contribution in [2.24, 2.45) is 0 Å². The van der Waals surface area contributed by atoms with Crippen LogP contribution in [0.15, 0.2) is 0 Å². The molecule has 0 amide bonds. The average Bonchev–Trinajstić information content (AvgIpc) is 2.94. The maximum absolute atomic E-state index is 11.2. The predicted octanol–water partition coefficient (Wildman–Crippen LogP) is 0.918. The van der Waals surface area contributed by atoms with Crippen LogP contribution in [-0.2, 0) is 6.54 Å². The Morgan fingerprint density at radius 1 is 1.67 bits per heavy atom. The number of aryl methyl sites for hydroxylation is 2. The first kappa shape index (κ1) is 12.8. The molecule has 1 N–H and O–H groups in total. The largest absolute Gasteiger partial charge is 0.350 e. The third kappa shape index (κ3) is 2.05. The van der Waals surface area contributed by atoms with Gasteiger partial charge in [-0.3, -0.25) is 10.1 Å². The van der Waals surface area contributed by atoms with E-state index in [0.29, 0.717) is 24.1 Å². The zero-order chi connectivity index (χ0) is 13.3. The van der Waals surface area contributed by atoms with Crippen molar-refractivity contribution in [1.29, 1.82) is 0 Å². The van der Waals surface area contributed by atoms with E-state index in [1.165, 1.54) is 0 Å². The van der Waals surface area contributed by atoms with Gasteiger partial charge in [0, 0.05) is 26.2 Å². The summed E-state index contributed by atoms with van der Waals surface area (Å²) in [5, 5.41) is 18.7. The summed E-state index contributed by atoms with van der Waals surface area (Å²) in [7, 11) is 1.91. The van der Waals surface area contributed by atoms with E-state index in [-0.39, 0.29) is 10.6 Å². The first-order valence-electron chi connectivity index (χ1n) is 6.21. The van der Waals surface area contributed by atoms with E-state index in [4.69, 9.17) is 0 Å². The third-order valence-electron chi connectivity index (χ3n) is 3.47. The molecule has 0 aliphatic carbocycles. The van der Waals surface area contributed by atoms with Crippen LogP contribution in [0.25, 0.3) is 0 Å². The molecule has 0 radical (unpaired) electrons. The molecule has 0 aromatic carbocycles. The highest BCUT2D eigenvalue weighted by atomic mass is 16.6. The van der Waals surface area contributed by atoms with Gasteiger partial charge in [-0.25, -0.2) is 4.68 Å². The van der Waals surface area contributed by atoms with Gasteiger partial charge in [0.2, 0.25) is 5.82 Å². The average molecular weight is 253 g/mol. The Labute approximate surface area is 106 Å². The minimum Gasteiger partial charge on any atom is -0.350 e. The predicted molar refractivity (Wildman–Crippen MR) is 69.0 cm³/mol. The van der Waals surface area contributed by atoms with E-state index in [0.717, 1.165) is 19.5 Å². The van der Waals surface area contributed by atoms with Crippen LogP contribution in [0.3, 0.4) is 0 Å². The zero-order valence-corrected chi connectivity index (χ0v) is 11.0. The molecule has 0 bridgehead atoms. The molecule has 1 fully saturated rings. The highest BCUT2D eigenvalue weighted by Gasteiger charge is 2.31. The number of likely N-dealkylation sites (N-methyl/N-ethyl adjacent to an activating group) is 1. The Kier molecular flexibility index (Phi) is 3.51. The Balaban J connectivity index is 2.43. The van der Waals surface area contributed by atoms with Crippen LogP contribution in [-0.4, -0.2) is 40.9 Å². The van der Waals surface area contributed by atoms with Crippen molar-refractivity contribution in [2.75, 3.05) is 25.0 Å². The summed E-state index contributed by atoms with van der Waals surface area (Å²) in [5.41, 5.74) is 0.612. The Bertz CT molecular complexity index is 451. The van der Waals surface area contributed by atoms with Gasteiger partial charge in [-0.1, -0.05) is 0 Å². The lowest BCUT2D eigenvalue weighted by atomic mass is 10.2. The molecule has 18 heavy (non-hydrogen) atoms. The molecule has 1 saturated heterocycles. The molecule has 7 nitrogen and oxygen atoms in total. The second kappa shape index (κ2) is 4.93. The maximum Gasteiger partial charge on any atom is 0.333 e. The van der Waals surface area contributed by atoms with Gasteiger partial charge >= 0.3 is 5.69 Å². The lowest BCUT2D eigenvalue weighted by Crippen LogP contribution is -2.35. The van der Waals surface area contributed by atoms with Crippen molar-refractivity contribution in [3.05, 3.63) is 15.8 Å². The van der Waals surface area contributed by atoms with Crippen LogP contribution in [0.2, 0.25) is 0 Å². The Morgan fingerprint density at radius 3 is 2.89 bits per heavy atom. The summed E-state index contributed by atoms with van der Waals surface area (Å²) < 4.78 is 1.71. The molecule has 7 heteroatoms. The van der Waals surface area contributed by atoms with E-state index in [1.807, 2.05) is 18.9 Å². The molecular weight excluding hydrogens is 234 g/mol. The third-order valence-corrected chi connectivity index (χ3v) is 3.47. The fourth-order valence-corrected chi connectivity index (χ4v) is 2.49. The molecule has 1 aliphatic rings. The van der Waals surface area contributed by atoms with Gasteiger partial charge < -0.3 is 10.2 Å². The summed E-state index contributed by atoms with van der Waals surface area (Å²) in [6, 6.07) is 0.296. The highest BCUT2D eigenvalue weighted by molar-refractivity contribution is 5.61. The van der Waals surface area contributed by atoms with Crippen LogP contribution in [0.5, 0.6) is 0 Å². The quantitative estimate of drug-likeness (QED) is 0.637. The number of nitrogens with zero attached hydrogens (tertiary/aromatic N) is 4. The number of nitro groups is 1. The Morgan fingerprint density at radius 2 is 2.39 bits per heavy atom. The van der Waals surface area contributed by atoms with E-state index in [9.17, 15) is 10.1 Å². The molecule has 100 valence electrons. The molecule has 1 aliphatic heterocycles. The van der Waals surface area contributed by atoms with Crippen LogP contribution in [0.4, 0.5) is 11.5 Å². The molecule has 1 aromatic heterocycles. The van der Waals surface area contributed by atoms with Crippen LogP contribution in [0.1, 0.15) is 19.0 Å². The maximum atomic E-state index is 11.2. The van der Waals surface area contributed by atoms with Gasteiger partial charge in [0.1, 0.15) is 5.69 Å². The second-order valence-electron chi connectivity index (χ2n) is 4.59. The summed E-state index contributed by atoms with van der Waals surface area (Å²) in [5.74, 6) is 0.619. The molecule has 1 aromatic rings. The Hall–Kier alpha value is -1.63. The smallest absolute Gasteiger partial charge is 0.333 e. The van der Waals surface area contributed by atoms with Crippen LogP contribution in [0, 0.1) is 17.0 Å². The summed E-state index contributed by atoms with van der Waals surface area (Å²) in [6.07, 6.45) is 1.00. The van der Waals surface area contributed by atoms with Crippen molar-refractivity contribution >= 4 is 11.5 Å². The molecule has 0 saturated carbocycles. The second-order valence-corrected chi connectivity index (χ2v) is 4.59. The topological polar surface area (TPSA) is 76.2 Å². The summed E-state index contributed by atoms with van der Waals surface area (Å²) in [4.78, 5) is 12.9. The lowest BCUT2D eigenvalue weighted by Gasteiger charge is -2.25. The van der Waals surface area contributed by atoms with E-state index in [2.05, 4.69) is 10.4 Å². The number of hydrogen-bond acceptors (Lipinski definition) is 5. The fraction of sp³-hybridized carbons (Fsp3) is 0.727. The van der Waals surface area contributed by atoms with Crippen molar-refractivity contribution in [1.82, 2.24) is 15.1 Å². The number of nitrogens with one attached hydrogen (secondary N) is 1. The first-order chi connectivity index (χ1) is 8.56. The minimum atomic E-state index is -0.331. The van der Waals surface area contributed by atoms with Gasteiger partial charge in [0.25, 0.3) is 0 Å². The van der Waals surface area contributed by atoms with E-state index >= 15 is 0 Å². The van der Waals surface area contributed by atoms with Gasteiger partial charge in [-0.15, -0.1) is 0 Å². The number of rotatable bonds is 4. The fourth-order valence-electron chi connectivity index (χ4n) is 2.49. The lowest BCUT2D eigenvalue weighted by molar-refractivity contribution is -0.384. The summed E-state index contributed by atoms with van der Waals surface area (Å²) in [6.45, 7) is 6.09. The van der Waals surface area contributed by atoms with Crippen molar-refractivity contribution < 1.29 is 4.92 Å². The SMILES string of the molecule is CCn1nc(C)c([N+](=O)[O-])c1N(C)C1CCNC1. The van der Waals surface area contributed by atoms with Crippen LogP contribution >= 0.6 is 0 Å². The van der Waals surface area contributed by atoms with E-state index < -0.39 is 0 Å². The number of hydrogen-bond donors (Lipinski definition) is 1. The van der Waals surface area contributed by atoms with Crippen molar-refractivity contribution in [2.45, 2.75) is 32.9 Å². The molecule has 1 unspecified atom stereocenters. The minimum absolute atomic E-state index is 0.131. The highest BCUT2D eigenvalue weighted by Crippen LogP contribution is 2.32. The van der Waals surface area contributed by atoms with Gasteiger partial charge in [-0.2, -0.15) is 5.10 Å². The normalized spacial score (nSPS) is 19.2. The standard InChI is InChI=1S/C11H19N5O2/c1-4-15-11(10(16(17)18)8(2)13-15)14(3)9-5-6-12-7-9/h9,12H,4-7H2,1-3H3. The molecule has 1 atom stereocenters. The molecule has 2 rings (SSSR count). The molecule has 2 heterocycles. The van der Waals surface area contributed by atoms with Gasteiger partial charge in [0.05, 0.1) is 4.92 Å². The molecule has 0 spiro atoms. The monoisotopic (exact) mass is 253 g/mol. The van der Waals surface area contributed by atoms with Gasteiger partial charge in [0.15, 0.2) is 0 Å². The zero-order valence-electron chi connectivity index (χ0n) is 11.0. The van der Waals surface area contributed by atoms with Crippen molar-refractivity contribution in [3.63, 3.8) is 0 Å². The first-order valence-corrected chi connectivity index (χ1v) is 6.21. The van der Waals surface area contributed by atoms with Crippen molar-refractivity contribution in [3.8, 4) is 0 Å². The number of aromatic nitrogens is 2.